The summed E-state index contributed by atoms with van der Waals surface area (Å²) in [7, 11) is 0. The Morgan fingerprint density at radius 1 is 1.47 bits per heavy atom. The summed E-state index contributed by atoms with van der Waals surface area (Å²) in [4.78, 5) is 19.0. The molecule has 0 saturated carbocycles. The molecule has 6 heteroatoms. The molecule has 5 nitrogen and oxygen atoms in total. The van der Waals surface area contributed by atoms with Gasteiger partial charge in [-0.15, -0.1) is 11.3 Å². The fourth-order valence-corrected chi connectivity index (χ4v) is 3.02. The van der Waals surface area contributed by atoms with Crippen molar-refractivity contribution in [1.29, 1.82) is 0 Å². The zero-order valence-corrected chi connectivity index (χ0v) is 12.5. The van der Waals surface area contributed by atoms with Gasteiger partial charge in [-0.25, -0.2) is 9.78 Å². The summed E-state index contributed by atoms with van der Waals surface area (Å²) in [6, 6.07) is 0. The van der Waals surface area contributed by atoms with Crippen LogP contribution < -0.4 is 5.73 Å². The van der Waals surface area contributed by atoms with Crippen LogP contribution in [0.1, 0.15) is 44.4 Å². The van der Waals surface area contributed by atoms with E-state index >= 15 is 0 Å². The molecule has 0 aliphatic carbocycles. The number of piperidine rings is 1. The van der Waals surface area contributed by atoms with Gasteiger partial charge in [0.2, 0.25) is 0 Å². The van der Waals surface area contributed by atoms with Crippen molar-refractivity contribution in [3.8, 4) is 0 Å². The average Bonchev–Trinajstić information content (AvgIpc) is 2.74. The lowest BCUT2D eigenvalue weighted by Crippen LogP contribution is -2.41. The van der Waals surface area contributed by atoms with Crippen LogP contribution in [0, 0.1) is 0 Å². The highest BCUT2D eigenvalue weighted by Gasteiger charge is 2.28. The van der Waals surface area contributed by atoms with Crippen molar-refractivity contribution in [3.05, 3.63) is 11.1 Å². The van der Waals surface area contributed by atoms with E-state index in [0.717, 1.165) is 25.9 Å². The van der Waals surface area contributed by atoms with E-state index in [1.807, 2.05) is 27.0 Å². The molecule has 2 rings (SSSR count). The van der Waals surface area contributed by atoms with Gasteiger partial charge in [0.15, 0.2) is 5.13 Å². The number of carbonyl (C=O) groups is 1. The molecule has 1 saturated heterocycles. The SMILES string of the molecule is CC(C)(C)OC(=O)N1CCC(c2cnc(N)s2)CC1. The molecule has 1 aliphatic heterocycles. The zero-order valence-electron chi connectivity index (χ0n) is 11.7. The number of hydrogen-bond donors (Lipinski definition) is 1. The molecule has 19 heavy (non-hydrogen) atoms. The highest BCUT2D eigenvalue weighted by molar-refractivity contribution is 7.15. The third kappa shape index (κ3) is 3.83. The van der Waals surface area contributed by atoms with Gasteiger partial charge in [0.1, 0.15) is 5.60 Å². The van der Waals surface area contributed by atoms with Gasteiger partial charge in [0, 0.05) is 24.2 Å². The molecule has 0 radical (unpaired) electrons. The maximum atomic E-state index is 11.9. The minimum Gasteiger partial charge on any atom is -0.444 e. The van der Waals surface area contributed by atoms with Crippen molar-refractivity contribution in [1.82, 2.24) is 9.88 Å². The van der Waals surface area contributed by atoms with E-state index in [-0.39, 0.29) is 6.09 Å². The van der Waals surface area contributed by atoms with Gasteiger partial charge >= 0.3 is 6.09 Å². The van der Waals surface area contributed by atoms with E-state index in [1.165, 1.54) is 4.88 Å². The van der Waals surface area contributed by atoms with Crippen LogP contribution in [0.3, 0.4) is 0 Å². The van der Waals surface area contributed by atoms with E-state index in [0.29, 0.717) is 11.0 Å². The van der Waals surface area contributed by atoms with Gasteiger partial charge in [0.05, 0.1) is 0 Å². The predicted molar refractivity (Wildman–Crippen MR) is 76.3 cm³/mol. The van der Waals surface area contributed by atoms with Gasteiger partial charge in [-0.2, -0.15) is 0 Å². The highest BCUT2D eigenvalue weighted by Crippen LogP contribution is 2.32. The Kier molecular flexibility index (Phi) is 3.99. The Morgan fingerprint density at radius 3 is 2.58 bits per heavy atom. The van der Waals surface area contributed by atoms with Crippen LogP contribution in [0.2, 0.25) is 0 Å². The van der Waals surface area contributed by atoms with Crippen molar-refractivity contribution in [2.45, 2.75) is 45.1 Å². The summed E-state index contributed by atoms with van der Waals surface area (Å²) in [6.07, 6.45) is 3.53. The maximum absolute atomic E-state index is 11.9. The third-order valence-electron chi connectivity index (χ3n) is 3.09. The Bertz CT molecular complexity index is 445. The molecule has 0 bridgehead atoms. The standard InChI is InChI=1S/C13H21N3O2S/c1-13(2,3)18-12(17)16-6-4-9(5-7-16)10-8-15-11(14)19-10/h8-9H,4-7H2,1-3H3,(H2,14,15). The lowest BCUT2D eigenvalue weighted by atomic mass is 9.96. The van der Waals surface area contributed by atoms with E-state index in [4.69, 9.17) is 10.5 Å². The summed E-state index contributed by atoms with van der Waals surface area (Å²) in [5.41, 5.74) is 5.22. The number of anilines is 1. The fourth-order valence-electron chi connectivity index (χ4n) is 2.16. The van der Waals surface area contributed by atoms with Crippen LogP contribution in [0.15, 0.2) is 6.20 Å². The second-order valence-electron chi connectivity index (χ2n) is 5.84. The third-order valence-corrected chi connectivity index (χ3v) is 4.08. The molecule has 106 valence electrons. The average molecular weight is 283 g/mol. The molecule has 1 aromatic heterocycles. The van der Waals surface area contributed by atoms with Crippen LogP contribution >= 0.6 is 11.3 Å². The van der Waals surface area contributed by atoms with E-state index in [2.05, 4.69) is 4.98 Å². The largest absolute Gasteiger partial charge is 0.444 e. The predicted octanol–water partition coefficient (Wildman–Crippen LogP) is 2.84. The van der Waals surface area contributed by atoms with Gasteiger partial charge < -0.3 is 15.4 Å². The van der Waals surface area contributed by atoms with Crippen molar-refractivity contribution < 1.29 is 9.53 Å². The maximum Gasteiger partial charge on any atom is 0.410 e. The Labute approximate surface area is 117 Å². The van der Waals surface area contributed by atoms with Gasteiger partial charge in [0.25, 0.3) is 0 Å². The molecular weight excluding hydrogens is 262 g/mol. The number of hydrogen-bond acceptors (Lipinski definition) is 5. The van der Waals surface area contributed by atoms with Crippen molar-refractivity contribution in [3.63, 3.8) is 0 Å². The van der Waals surface area contributed by atoms with E-state index < -0.39 is 5.60 Å². The van der Waals surface area contributed by atoms with Gasteiger partial charge in [-0.05, 0) is 39.5 Å². The number of nitrogens with two attached hydrogens (primary N) is 1. The molecule has 0 spiro atoms. The molecule has 1 amide bonds. The summed E-state index contributed by atoms with van der Waals surface area (Å²) in [5.74, 6) is 0.466. The molecule has 1 aliphatic rings. The van der Waals surface area contributed by atoms with Gasteiger partial charge in [-0.1, -0.05) is 0 Å². The first-order valence-electron chi connectivity index (χ1n) is 6.54. The van der Waals surface area contributed by atoms with Crippen LogP contribution in [0.5, 0.6) is 0 Å². The molecule has 0 atom stereocenters. The number of amides is 1. The Balaban J connectivity index is 1.87. The lowest BCUT2D eigenvalue weighted by Gasteiger charge is -2.33. The molecule has 2 heterocycles. The lowest BCUT2D eigenvalue weighted by molar-refractivity contribution is 0.0205. The van der Waals surface area contributed by atoms with E-state index in [1.54, 1.807) is 16.2 Å². The summed E-state index contributed by atoms with van der Waals surface area (Å²) >= 11 is 1.55. The quantitative estimate of drug-likeness (QED) is 0.860. The number of thiazole rings is 1. The number of nitrogens with zero attached hydrogens (tertiary/aromatic N) is 2. The van der Waals surface area contributed by atoms with Crippen molar-refractivity contribution in [2.75, 3.05) is 18.8 Å². The summed E-state index contributed by atoms with van der Waals surface area (Å²) < 4.78 is 5.38. The second-order valence-corrected chi connectivity index (χ2v) is 6.94. The topological polar surface area (TPSA) is 68.5 Å². The molecule has 1 fully saturated rings. The normalized spacial score (nSPS) is 17.5. The number of nitrogen functional groups attached to an aromatic ring is 1. The number of carbonyl (C=O) groups excluding carboxylic acids is 1. The minimum absolute atomic E-state index is 0.213. The Hall–Kier alpha value is -1.30. The highest BCUT2D eigenvalue weighted by atomic mass is 32.1. The van der Waals surface area contributed by atoms with E-state index in [9.17, 15) is 4.79 Å². The summed E-state index contributed by atoms with van der Waals surface area (Å²) in [5, 5.41) is 0.615. The van der Waals surface area contributed by atoms with Crippen molar-refractivity contribution >= 4 is 22.6 Å². The number of aromatic nitrogens is 1. The van der Waals surface area contributed by atoms with Crippen LogP contribution in [0.4, 0.5) is 9.93 Å². The van der Waals surface area contributed by atoms with Crippen molar-refractivity contribution in [2.24, 2.45) is 0 Å². The monoisotopic (exact) mass is 283 g/mol. The molecule has 0 aromatic carbocycles. The molecule has 2 N–H and O–H groups in total. The smallest absolute Gasteiger partial charge is 0.410 e. The van der Waals surface area contributed by atoms with Crippen LogP contribution in [-0.4, -0.2) is 34.7 Å². The van der Waals surface area contributed by atoms with Crippen LogP contribution in [0.25, 0.3) is 0 Å². The first kappa shape index (κ1) is 14.1. The van der Waals surface area contributed by atoms with Crippen LogP contribution in [-0.2, 0) is 4.74 Å². The minimum atomic E-state index is -0.431. The molecule has 0 unspecified atom stereocenters. The first-order chi connectivity index (χ1) is 8.85. The zero-order chi connectivity index (χ0) is 14.0. The number of ether oxygens (including phenoxy) is 1. The molecule has 1 aromatic rings. The number of rotatable bonds is 1. The first-order valence-corrected chi connectivity index (χ1v) is 7.36. The Morgan fingerprint density at radius 2 is 2.11 bits per heavy atom. The fraction of sp³-hybridized carbons (Fsp3) is 0.692. The molecular formula is C13H21N3O2S. The second kappa shape index (κ2) is 5.36. The number of likely N-dealkylation sites (tertiary alicyclic amines) is 1. The van der Waals surface area contributed by atoms with Gasteiger partial charge in [-0.3, -0.25) is 0 Å². The summed E-state index contributed by atoms with van der Waals surface area (Å²) in [6.45, 7) is 7.13.